The lowest BCUT2D eigenvalue weighted by molar-refractivity contribution is -0.153. The van der Waals surface area contributed by atoms with E-state index in [2.05, 4.69) is 0 Å². The van der Waals surface area contributed by atoms with Gasteiger partial charge < -0.3 is 10.8 Å². The van der Waals surface area contributed by atoms with E-state index in [1.54, 1.807) is 0 Å². The fourth-order valence-corrected chi connectivity index (χ4v) is 5.06. The van der Waals surface area contributed by atoms with Crippen LogP contribution in [-0.2, 0) is 4.79 Å². The second-order valence-corrected chi connectivity index (χ2v) is 5.71. The second kappa shape index (κ2) is 2.97. The van der Waals surface area contributed by atoms with Crippen LogP contribution in [0.5, 0.6) is 0 Å². The summed E-state index contributed by atoms with van der Waals surface area (Å²) in [5.74, 6) is 2.36. The molecule has 3 rings (SSSR count). The van der Waals surface area contributed by atoms with Crippen LogP contribution < -0.4 is 5.73 Å². The zero-order valence-corrected chi connectivity index (χ0v) is 8.98. The summed E-state index contributed by atoms with van der Waals surface area (Å²) in [7, 11) is 0. The molecule has 0 aromatic rings. The van der Waals surface area contributed by atoms with E-state index in [9.17, 15) is 4.79 Å². The van der Waals surface area contributed by atoms with E-state index >= 15 is 0 Å². The lowest BCUT2D eigenvalue weighted by Gasteiger charge is -2.57. The molecule has 0 aromatic carbocycles. The molecule has 3 saturated carbocycles. The normalized spacial score (nSPS) is 51.3. The number of hydrogen-bond donors (Lipinski definition) is 2. The molecule has 3 fully saturated rings. The maximum absolute atomic E-state index is 11.0. The van der Waals surface area contributed by atoms with Crippen molar-refractivity contribution in [3.63, 3.8) is 0 Å². The van der Waals surface area contributed by atoms with Crippen LogP contribution in [0.2, 0.25) is 0 Å². The van der Waals surface area contributed by atoms with E-state index in [4.69, 9.17) is 10.8 Å². The first-order valence-corrected chi connectivity index (χ1v) is 6.11. The van der Waals surface area contributed by atoms with Crippen molar-refractivity contribution in [2.45, 2.75) is 32.1 Å². The maximum atomic E-state index is 11.0. The van der Waals surface area contributed by atoms with Gasteiger partial charge in [-0.25, -0.2) is 0 Å². The first-order chi connectivity index (χ1) is 7.19. The van der Waals surface area contributed by atoms with Crippen molar-refractivity contribution in [2.75, 3.05) is 6.54 Å². The molecule has 0 saturated heterocycles. The molecule has 3 aliphatic carbocycles. The number of carboxylic acid groups (broad SMARTS) is 1. The molecule has 3 nitrogen and oxygen atoms in total. The van der Waals surface area contributed by atoms with Crippen LogP contribution in [0.15, 0.2) is 0 Å². The average molecular weight is 209 g/mol. The quantitative estimate of drug-likeness (QED) is 0.740. The Balaban J connectivity index is 1.88. The summed E-state index contributed by atoms with van der Waals surface area (Å²) in [6.07, 6.45) is 5.43. The van der Waals surface area contributed by atoms with Crippen molar-refractivity contribution < 1.29 is 9.90 Å². The molecule has 3 heteroatoms. The van der Waals surface area contributed by atoms with Gasteiger partial charge in [0.05, 0.1) is 6.42 Å². The number of aliphatic carboxylic acids is 1. The second-order valence-electron chi connectivity index (χ2n) is 5.71. The van der Waals surface area contributed by atoms with Gasteiger partial charge in [-0.15, -0.1) is 0 Å². The van der Waals surface area contributed by atoms with E-state index in [-0.39, 0.29) is 5.41 Å². The SMILES string of the molecule is NC[C@]1(CC(=O)O)[C@@H]2CC[C@@H]3CC[C@H]1[C@@H]32. The van der Waals surface area contributed by atoms with E-state index in [1.165, 1.54) is 25.7 Å². The van der Waals surface area contributed by atoms with Crippen LogP contribution in [0.3, 0.4) is 0 Å². The lowest BCUT2D eigenvalue weighted by atomic mass is 9.47. The van der Waals surface area contributed by atoms with Crippen LogP contribution in [-0.4, -0.2) is 17.6 Å². The maximum Gasteiger partial charge on any atom is 0.303 e. The largest absolute Gasteiger partial charge is 0.481 e. The molecule has 0 bridgehead atoms. The smallest absolute Gasteiger partial charge is 0.303 e. The Hall–Kier alpha value is -0.570. The Kier molecular flexibility index (Phi) is 1.91. The molecule has 0 heterocycles. The number of hydrogen-bond acceptors (Lipinski definition) is 2. The van der Waals surface area contributed by atoms with Crippen molar-refractivity contribution in [2.24, 2.45) is 34.8 Å². The molecule has 3 aliphatic rings. The summed E-state index contributed by atoms with van der Waals surface area (Å²) in [5, 5.41) is 9.04. The summed E-state index contributed by atoms with van der Waals surface area (Å²) in [6, 6.07) is 0. The third-order valence-corrected chi connectivity index (χ3v) is 5.51. The fourth-order valence-electron chi connectivity index (χ4n) is 5.06. The predicted molar refractivity (Wildman–Crippen MR) is 56.2 cm³/mol. The Morgan fingerprint density at radius 1 is 1.27 bits per heavy atom. The third kappa shape index (κ3) is 1.02. The molecular weight excluding hydrogens is 190 g/mol. The van der Waals surface area contributed by atoms with Crippen molar-refractivity contribution in [1.82, 2.24) is 0 Å². The Morgan fingerprint density at radius 3 is 2.33 bits per heavy atom. The van der Waals surface area contributed by atoms with Crippen LogP contribution in [0.1, 0.15) is 32.1 Å². The third-order valence-electron chi connectivity index (χ3n) is 5.51. The van der Waals surface area contributed by atoms with Crippen LogP contribution in [0, 0.1) is 29.1 Å². The molecule has 0 spiro atoms. The summed E-state index contributed by atoms with van der Waals surface area (Å²) < 4.78 is 0. The van der Waals surface area contributed by atoms with Gasteiger partial charge in [0.25, 0.3) is 0 Å². The zero-order chi connectivity index (χ0) is 10.6. The van der Waals surface area contributed by atoms with E-state index in [0.717, 1.165) is 11.8 Å². The number of rotatable bonds is 3. The standard InChI is InChI=1S/C12H19NO2/c13-6-12(5-10(14)15)8-3-1-7-2-4-9(12)11(7)8/h7-9,11H,1-6,13H2,(H,14,15)/t7-,8-,9+,11+,12-. The highest BCUT2D eigenvalue weighted by molar-refractivity contribution is 5.68. The highest BCUT2D eigenvalue weighted by atomic mass is 16.4. The van der Waals surface area contributed by atoms with E-state index < -0.39 is 5.97 Å². The molecule has 3 N–H and O–H groups in total. The molecule has 0 unspecified atom stereocenters. The topological polar surface area (TPSA) is 63.3 Å². The molecule has 0 aliphatic heterocycles. The van der Waals surface area contributed by atoms with Crippen molar-refractivity contribution in [3.8, 4) is 0 Å². The molecule has 0 aromatic heterocycles. The van der Waals surface area contributed by atoms with Crippen molar-refractivity contribution in [3.05, 3.63) is 0 Å². The van der Waals surface area contributed by atoms with Crippen molar-refractivity contribution >= 4 is 5.97 Å². The Morgan fingerprint density at radius 2 is 1.87 bits per heavy atom. The van der Waals surface area contributed by atoms with Crippen LogP contribution in [0.25, 0.3) is 0 Å². The Labute approximate surface area is 90.0 Å². The van der Waals surface area contributed by atoms with Crippen LogP contribution >= 0.6 is 0 Å². The zero-order valence-electron chi connectivity index (χ0n) is 8.98. The van der Waals surface area contributed by atoms with E-state index in [0.29, 0.717) is 24.8 Å². The molecule has 0 radical (unpaired) electrons. The minimum Gasteiger partial charge on any atom is -0.481 e. The number of carbonyl (C=O) groups is 1. The number of nitrogens with two attached hydrogens (primary N) is 1. The first kappa shape index (κ1) is 9.64. The highest BCUT2D eigenvalue weighted by Crippen LogP contribution is 2.71. The van der Waals surface area contributed by atoms with Gasteiger partial charge in [0.2, 0.25) is 0 Å². The van der Waals surface area contributed by atoms with Gasteiger partial charge >= 0.3 is 5.97 Å². The minimum absolute atomic E-state index is 0.0260. The summed E-state index contributed by atoms with van der Waals surface area (Å²) in [5.41, 5.74) is 5.87. The molecular formula is C12H19NO2. The summed E-state index contributed by atoms with van der Waals surface area (Å²) in [4.78, 5) is 11.0. The predicted octanol–water partition coefficient (Wildman–Crippen LogP) is 1.47. The first-order valence-electron chi connectivity index (χ1n) is 6.11. The average Bonchev–Trinajstić information content (AvgIpc) is 2.67. The van der Waals surface area contributed by atoms with Gasteiger partial charge in [-0.1, -0.05) is 0 Å². The van der Waals surface area contributed by atoms with Crippen LogP contribution in [0.4, 0.5) is 0 Å². The van der Waals surface area contributed by atoms with Gasteiger partial charge in [0.1, 0.15) is 0 Å². The monoisotopic (exact) mass is 209 g/mol. The van der Waals surface area contributed by atoms with E-state index in [1.807, 2.05) is 0 Å². The highest BCUT2D eigenvalue weighted by Gasteiger charge is 2.67. The fraction of sp³-hybridized carbons (Fsp3) is 0.917. The van der Waals surface area contributed by atoms with Gasteiger partial charge in [0, 0.05) is 0 Å². The Bertz CT molecular complexity index is 286. The van der Waals surface area contributed by atoms with Gasteiger partial charge in [0.15, 0.2) is 0 Å². The number of carboxylic acids is 1. The van der Waals surface area contributed by atoms with Gasteiger partial charge in [-0.2, -0.15) is 0 Å². The molecule has 5 atom stereocenters. The van der Waals surface area contributed by atoms with Crippen molar-refractivity contribution in [1.29, 1.82) is 0 Å². The minimum atomic E-state index is -0.658. The molecule has 15 heavy (non-hydrogen) atoms. The molecule has 0 amide bonds. The van der Waals surface area contributed by atoms with Gasteiger partial charge in [-0.3, -0.25) is 4.79 Å². The summed E-state index contributed by atoms with van der Waals surface area (Å²) in [6.45, 7) is 0.581. The molecule has 84 valence electrons. The summed E-state index contributed by atoms with van der Waals surface area (Å²) >= 11 is 0. The lowest BCUT2D eigenvalue weighted by Crippen LogP contribution is -2.58. The van der Waals surface area contributed by atoms with Gasteiger partial charge in [-0.05, 0) is 61.3 Å².